The van der Waals surface area contributed by atoms with E-state index >= 15 is 0 Å². The van der Waals surface area contributed by atoms with E-state index in [1.54, 1.807) is 12.1 Å². The molecule has 1 aliphatic rings. The number of piperazine rings is 1. The van der Waals surface area contributed by atoms with E-state index in [4.69, 9.17) is 11.6 Å². The Morgan fingerprint density at radius 2 is 2.06 bits per heavy atom. The lowest BCUT2D eigenvalue weighted by molar-refractivity contribution is 0.169. The monoisotopic (exact) mass is 292 g/mol. The fourth-order valence-corrected chi connectivity index (χ4v) is 2.54. The molecule has 18 heavy (non-hydrogen) atoms. The van der Waals surface area contributed by atoms with Gasteiger partial charge in [-0.1, -0.05) is 24.6 Å². The normalized spacial score (nSPS) is 18.2. The molecule has 1 heterocycles. The summed E-state index contributed by atoms with van der Waals surface area (Å²) in [5.41, 5.74) is 1.02. The molecule has 102 valence electrons. The van der Waals surface area contributed by atoms with Crippen LogP contribution in [-0.2, 0) is 0 Å². The molecule has 0 amide bonds. The summed E-state index contributed by atoms with van der Waals surface area (Å²) >= 11 is 5.72. The van der Waals surface area contributed by atoms with E-state index in [9.17, 15) is 4.39 Å². The molecule has 0 bridgehead atoms. The van der Waals surface area contributed by atoms with E-state index in [1.165, 1.54) is 0 Å². The number of nitrogens with zero attached hydrogens (tertiary/aromatic N) is 1. The van der Waals surface area contributed by atoms with Gasteiger partial charge in [-0.3, -0.25) is 4.90 Å². The molecule has 1 aromatic carbocycles. The third-order valence-electron chi connectivity index (χ3n) is 3.31. The van der Waals surface area contributed by atoms with Gasteiger partial charge in [-0.2, -0.15) is 0 Å². The van der Waals surface area contributed by atoms with Crippen molar-refractivity contribution >= 4 is 24.0 Å². The molecular formula is C13H19Cl2FN2. The molecule has 0 unspecified atom stereocenters. The van der Waals surface area contributed by atoms with E-state index < -0.39 is 0 Å². The van der Waals surface area contributed by atoms with Gasteiger partial charge in [-0.15, -0.1) is 12.4 Å². The van der Waals surface area contributed by atoms with Crippen LogP contribution in [-0.4, -0.2) is 31.1 Å². The molecule has 0 aliphatic carbocycles. The number of nitrogens with one attached hydrogen (secondary N) is 1. The lowest BCUT2D eigenvalue weighted by Crippen LogP contribution is -2.45. The highest BCUT2D eigenvalue weighted by Gasteiger charge is 2.21. The Bertz CT molecular complexity index is 381. The number of benzene rings is 1. The molecule has 1 aromatic rings. The SMILES string of the molecule is CC[C@@H](c1ccc(Cl)c(F)c1)N1CCNCC1.Cl. The highest BCUT2D eigenvalue weighted by atomic mass is 35.5. The molecule has 0 saturated carbocycles. The third kappa shape index (κ3) is 3.58. The van der Waals surface area contributed by atoms with Gasteiger partial charge in [0, 0.05) is 32.2 Å². The van der Waals surface area contributed by atoms with Crippen LogP contribution in [0.3, 0.4) is 0 Å². The quantitative estimate of drug-likeness (QED) is 0.920. The van der Waals surface area contributed by atoms with Crippen molar-refractivity contribution in [2.75, 3.05) is 26.2 Å². The first kappa shape index (κ1) is 15.7. The van der Waals surface area contributed by atoms with Crippen molar-refractivity contribution in [3.63, 3.8) is 0 Å². The minimum atomic E-state index is -0.322. The number of halogens is 3. The van der Waals surface area contributed by atoms with Crippen molar-refractivity contribution in [2.24, 2.45) is 0 Å². The number of hydrogen-bond acceptors (Lipinski definition) is 2. The topological polar surface area (TPSA) is 15.3 Å². The molecule has 1 saturated heterocycles. The first-order chi connectivity index (χ1) is 8.22. The summed E-state index contributed by atoms with van der Waals surface area (Å²) in [7, 11) is 0. The average Bonchev–Trinajstić information content (AvgIpc) is 2.36. The summed E-state index contributed by atoms with van der Waals surface area (Å²) in [6, 6.07) is 5.45. The van der Waals surface area contributed by atoms with E-state index in [0.717, 1.165) is 38.2 Å². The maximum Gasteiger partial charge on any atom is 0.142 e. The summed E-state index contributed by atoms with van der Waals surface area (Å²) in [5, 5.41) is 3.53. The second-order valence-corrected chi connectivity index (χ2v) is 4.79. The van der Waals surface area contributed by atoms with Gasteiger partial charge < -0.3 is 5.32 Å². The van der Waals surface area contributed by atoms with Crippen LogP contribution in [0.2, 0.25) is 5.02 Å². The Balaban J connectivity index is 0.00000162. The zero-order valence-corrected chi connectivity index (χ0v) is 12.0. The van der Waals surface area contributed by atoms with Gasteiger partial charge >= 0.3 is 0 Å². The van der Waals surface area contributed by atoms with Gasteiger partial charge in [0.2, 0.25) is 0 Å². The summed E-state index contributed by atoms with van der Waals surface area (Å²) in [4.78, 5) is 2.40. The lowest BCUT2D eigenvalue weighted by atomic mass is 10.0. The average molecular weight is 293 g/mol. The molecule has 5 heteroatoms. The third-order valence-corrected chi connectivity index (χ3v) is 3.61. The predicted molar refractivity (Wildman–Crippen MR) is 76.1 cm³/mol. The molecular weight excluding hydrogens is 274 g/mol. The fourth-order valence-electron chi connectivity index (χ4n) is 2.42. The highest BCUT2D eigenvalue weighted by Crippen LogP contribution is 2.27. The van der Waals surface area contributed by atoms with Crippen LogP contribution in [0.5, 0.6) is 0 Å². The van der Waals surface area contributed by atoms with Crippen molar-refractivity contribution in [3.8, 4) is 0 Å². The molecule has 1 N–H and O–H groups in total. The van der Waals surface area contributed by atoms with Crippen LogP contribution < -0.4 is 5.32 Å². The standard InChI is InChI=1S/C13H18ClFN2.ClH/c1-2-13(17-7-5-16-6-8-17)10-3-4-11(14)12(15)9-10;/h3-4,9,13,16H,2,5-8H2,1H3;1H/t13-;/m0./s1. The van der Waals surface area contributed by atoms with Gasteiger partial charge in [-0.25, -0.2) is 4.39 Å². The van der Waals surface area contributed by atoms with Gasteiger partial charge in [0.1, 0.15) is 5.82 Å². The molecule has 2 rings (SSSR count). The van der Waals surface area contributed by atoms with Gasteiger partial charge in [0.05, 0.1) is 5.02 Å². The maximum absolute atomic E-state index is 13.5. The van der Waals surface area contributed by atoms with Crippen molar-refractivity contribution in [1.82, 2.24) is 10.2 Å². The molecule has 0 radical (unpaired) electrons. The number of hydrogen-bond donors (Lipinski definition) is 1. The van der Waals surface area contributed by atoms with Crippen LogP contribution in [0.15, 0.2) is 18.2 Å². The Hall–Kier alpha value is -0.350. The molecule has 0 spiro atoms. The predicted octanol–water partition coefficient (Wildman–Crippen LogP) is 3.26. The zero-order valence-electron chi connectivity index (χ0n) is 10.5. The van der Waals surface area contributed by atoms with E-state index in [0.29, 0.717) is 6.04 Å². The Morgan fingerprint density at radius 3 is 2.61 bits per heavy atom. The Kier molecular flexibility index (Phi) is 6.36. The van der Waals surface area contributed by atoms with Crippen molar-refractivity contribution in [1.29, 1.82) is 0 Å². The molecule has 1 aliphatic heterocycles. The Labute approximate surface area is 119 Å². The van der Waals surface area contributed by atoms with Crippen molar-refractivity contribution in [2.45, 2.75) is 19.4 Å². The fraction of sp³-hybridized carbons (Fsp3) is 0.538. The van der Waals surface area contributed by atoms with Crippen LogP contribution in [0.4, 0.5) is 4.39 Å². The molecule has 0 aromatic heterocycles. The van der Waals surface area contributed by atoms with E-state index in [2.05, 4.69) is 17.1 Å². The smallest absolute Gasteiger partial charge is 0.142 e. The summed E-state index contributed by atoms with van der Waals surface area (Å²) in [6.45, 7) is 6.18. The van der Waals surface area contributed by atoms with Crippen molar-refractivity contribution < 1.29 is 4.39 Å². The van der Waals surface area contributed by atoms with Crippen LogP contribution in [0.1, 0.15) is 24.9 Å². The Morgan fingerprint density at radius 1 is 1.39 bits per heavy atom. The summed E-state index contributed by atoms with van der Waals surface area (Å²) in [6.07, 6.45) is 0.987. The van der Waals surface area contributed by atoms with Gasteiger partial charge in [0.25, 0.3) is 0 Å². The summed E-state index contributed by atoms with van der Waals surface area (Å²) < 4.78 is 13.5. The lowest BCUT2D eigenvalue weighted by Gasteiger charge is -2.34. The zero-order chi connectivity index (χ0) is 12.3. The first-order valence-electron chi connectivity index (χ1n) is 6.12. The second-order valence-electron chi connectivity index (χ2n) is 4.38. The highest BCUT2D eigenvalue weighted by molar-refractivity contribution is 6.30. The molecule has 1 fully saturated rings. The van der Waals surface area contributed by atoms with Crippen LogP contribution in [0, 0.1) is 5.82 Å². The van der Waals surface area contributed by atoms with Crippen LogP contribution >= 0.6 is 24.0 Å². The second kappa shape index (κ2) is 7.29. The molecule has 1 atom stereocenters. The first-order valence-corrected chi connectivity index (χ1v) is 6.50. The van der Waals surface area contributed by atoms with Gasteiger partial charge in [-0.05, 0) is 24.1 Å². The van der Waals surface area contributed by atoms with Crippen LogP contribution in [0.25, 0.3) is 0 Å². The van der Waals surface area contributed by atoms with E-state index in [1.807, 2.05) is 6.07 Å². The van der Waals surface area contributed by atoms with Gasteiger partial charge in [0.15, 0.2) is 0 Å². The number of rotatable bonds is 3. The summed E-state index contributed by atoms with van der Waals surface area (Å²) in [5.74, 6) is -0.322. The maximum atomic E-state index is 13.5. The molecule has 2 nitrogen and oxygen atoms in total. The minimum Gasteiger partial charge on any atom is -0.314 e. The van der Waals surface area contributed by atoms with Crippen molar-refractivity contribution in [3.05, 3.63) is 34.6 Å². The largest absolute Gasteiger partial charge is 0.314 e. The van der Waals surface area contributed by atoms with E-state index in [-0.39, 0.29) is 23.2 Å². The minimum absolute atomic E-state index is 0.